The Morgan fingerprint density at radius 3 is 2.75 bits per heavy atom. The summed E-state index contributed by atoms with van der Waals surface area (Å²) in [5.41, 5.74) is 1.20. The molecule has 1 amide bonds. The number of anilines is 1. The first kappa shape index (κ1) is 13.6. The average molecular weight is 270 g/mol. The summed E-state index contributed by atoms with van der Waals surface area (Å²) in [6.45, 7) is 0. The lowest BCUT2D eigenvalue weighted by Gasteiger charge is -2.04. The predicted octanol–water partition coefficient (Wildman–Crippen LogP) is 1.48. The molecule has 0 aliphatic carbocycles. The molecule has 1 N–H and O–H groups in total. The number of nitrogens with one attached hydrogen (secondary N) is 1. The molecule has 102 valence electrons. The van der Waals surface area contributed by atoms with Crippen LogP contribution in [-0.2, 0) is 18.3 Å². The van der Waals surface area contributed by atoms with E-state index >= 15 is 0 Å². The second kappa shape index (κ2) is 5.89. The van der Waals surface area contributed by atoms with E-state index in [1.54, 1.807) is 32.5 Å². The number of rotatable bonds is 4. The van der Waals surface area contributed by atoms with Gasteiger partial charge in [-0.25, -0.2) is 0 Å². The topological polar surface area (TPSA) is 79.9 Å². The number of nitriles is 1. The number of aryl methyl sites for hydroxylation is 1. The number of carbonyl (C=O) groups excluding carboxylic acids is 1. The number of nitrogens with zero attached hydrogens (tertiary/aromatic N) is 3. The molecule has 2 rings (SSSR count). The SMILES string of the molecule is COc1ccc(CC(=O)Nc2nn(C)cc2C#N)cc1. The third kappa shape index (κ3) is 3.14. The standard InChI is InChI=1S/C14H14N4O2/c1-18-9-11(8-15)14(17-18)16-13(19)7-10-3-5-12(20-2)6-4-10/h3-6,9H,7H2,1-2H3,(H,16,17,19). The fourth-order valence-corrected chi connectivity index (χ4v) is 1.77. The van der Waals surface area contributed by atoms with Gasteiger partial charge in [0.2, 0.25) is 5.91 Å². The molecule has 0 aliphatic rings. The lowest BCUT2D eigenvalue weighted by atomic mass is 10.1. The molecule has 0 saturated heterocycles. The molecule has 6 nitrogen and oxygen atoms in total. The number of hydrogen-bond donors (Lipinski definition) is 1. The monoisotopic (exact) mass is 270 g/mol. The summed E-state index contributed by atoms with van der Waals surface area (Å²) in [6, 6.07) is 9.22. The van der Waals surface area contributed by atoms with Crippen molar-refractivity contribution in [1.29, 1.82) is 5.26 Å². The van der Waals surface area contributed by atoms with E-state index in [9.17, 15) is 4.79 Å². The summed E-state index contributed by atoms with van der Waals surface area (Å²) in [4.78, 5) is 11.9. The molecular formula is C14H14N4O2. The second-order valence-electron chi connectivity index (χ2n) is 4.25. The smallest absolute Gasteiger partial charge is 0.230 e. The molecule has 0 unspecified atom stereocenters. The minimum absolute atomic E-state index is 0.214. The Labute approximate surface area is 116 Å². The highest BCUT2D eigenvalue weighted by atomic mass is 16.5. The first-order valence-electron chi connectivity index (χ1n) is 5.99. The summed E-state index contributed by atoms with van der Waals surface area (Å²) in [5.74, 6) is 0.810. The molecule has 0 saturated carbocycles. The zero-order chi connectivity index (χ0) is 14.5. The fraction of sp³-hybridized carbons (Fsp3) is 0.214. The van der Waals surface area contributed by atoms with Gasteiger partial charge in [-0.2, -0.15) is 10.4 Å². The highest BCUT2D eigenvalue weighted by Crippen LogP contribution is 2.14. The number of hydrogen-bond acceptors (Lipinski definition) is 4. The quantitative estimate of drug-likeness (QED) is 0.912. The van der Waals surface area contributed by atoms with Gasteiger partial charge in [0, 0.05) is 13.2 Å². The Hall–Kier alpha value is -2.81. The van der Waals surface area contributed by atoms with Gasteiger partial charge in [0.05, 0.1) is 13.5 Å². The maximum atomic E-state index is 11.9. The van der Waals surface area contributed by atoms with Crippen LogP contribution in [0.3, 0.4) is 0 Å². The van der Waals surface area contributed by atoms with Crippen LogP contribution in [0.15, 0.2) is 30.5 Å². The molecule has 1 heterocycles. The third-order valence-electron chi connectivity index (χ3n) is 2.73. The molecule has 2 aromatic rings. The first-order chi connectivity index (χ1) is 9.62. The molecule has 0 bridgehead atoms. The predicted molar refractivity (Wildman–Crippen MR) is 73.3 cm³/mol. The van der Waals surface area contributed by atoms with Gasteiger partial charge in [0.15, 0.2) is 5.82 Å². The third-order valence-corrected chi connectivity index (χ3v) is 2.73. The zero-order valence-electron chi connectivity index (χ0n) is 11.3. The van der Waals surface area contributed by atoms with Gasteiger partial charge >= 0.3 is 0 Å². The van der Waals surface area contributed by atoms with Crippen molar-refractivity contribution in [2.24, 2.45) is 7.05 Å². The summed E-state index contributed by atoms with van der Waals surface area (Å²) >= 11 is 0. The molecule has 0 fully saturated rings. The normalized spacial score (nSPS) is 9.85. The number of amides is 1. The van der Waals surface area contributed by atoms with Gasteiger partial charge in [-0.3, -0.25) is 9.48 Å². The number of methoxy groups -OCH3 is 1. The minimum atomic E-state index is -0.217. The van der Waals surface area contributed by atoms with Crippen LogP contribution in [0.2, 0.25) is 0 Å². The van der Waals surface area contributed by atoms with Crippen molar-refractivity contribution in [3.63, 3.8) is 0 Å². The van der Waals surface area contributed by atoms with Crippen LogP contribution in [0.4, 0.5) is 5.82 Å². The van der Waals surface area contributed by atoms with E-state index < -0.39 is 0 Å². The van der Waals surface area contributed by atoms with E-state index in [1.807, 2.05) is 18.2 Å². The van der Waals surface area contributed by atoms with Crippen LogP contribution in [0.1, 0.15) is 11.1 Å². The number of ether oxygens (including phenoxy) is 1. The van der Waals surface area contributed by atoms with Crippen molar-refractivity contribution < 1.29 is 9.53 Å². The van der Waals surface area contributed by atoms with Crippen molar-refractivity contribution in [3.05, 3.63) is 41.6 Å². The van der Waals surface area contributed by atoms with Crippen molar-refractivity contribution >= 4 is 11.7 Å². The summed E-state index contributed by atoms with van der Waals surface area (Å²) in [7, 11) is 3.28. The van der Waals surface area contributed by atoms with Crippen molar-refractivity contribution in [2.75, 3.05) is 12.4 Å². The summed E-state index contributed by atoms with van der Waals surface area (Å²) in [6.07, 6.45) is 1.77. The van der Waals surface area contributed by atoms with E-state index in [-0.39, 0.29) is 18.1 Å². The van der Waals surface area contributed by atoms with Crippen molar-refractivity contribution in [3.8, 4) is 11.8 Å². The van der Waals surface area contributed by atoms with Crippen LogP contribution in [-0.4, -0.2) is 22.8 Å². The van der Waals surface area contributed by atoms with E-state index in [2.05, 4.69) is 10.4 Å². The number of carbonyl (C=O) groups is 1. The highest BCUT2D eigenvalue weighted by molar-refractivity contribution is 5.92. The first-order valence-corrected chi connectivity index (χ1v) is 5.99. The van der Waals surface area contributed by atoms with Crippen LogP contribution in [0.25, 0.3) is 0 Å². The van der Waals surface area contributed by atoms with Crippen LogP contribution >= 0.6 is 0 Å². The second-order valence-corrected chi connectivity index (χ2v) is 4.25. The lowest BCUT2D eigenvalue weighted by Crippen LogP contribution is -2.15. The number of benzene rings is 1. The summed E-state index contributed by atoms with van der Waals surface area (Å²) in [5, 5.41) is 15.6. The Balaban J connectivity index is 2.03. The molecule has 0 atom stereocenters. The van der Waals surface area contributed by atoms with Gasteiger partial charge in [0.1, 0.15) is 17.4 Å². The van der Waals surface area contributed by atoms with E-state index in [1.165, 1.54) is 4.68 Å². The zero-order valence-corrected chi connectivity index (χ0v) is 11.3. The average Bonchev–Trinajstić information content (AvgIpc) is 2.79. The lowest BCUT2D eigenvalue weighted by molar-refractivity contribution is -0.115. The molecule has 1 aromatic heterocycles. The summed E-state index contributed by atoms with van der Waals surface area (Å²) < 4.78 is 6.54. The van der Waals surface area contributed by atoms with Gasteiger partial charge in [-0.05, 0) is 17.7 Å². The Kier molecular flexibility index (Phi) is 4.01. The Bertz CT molecular complexity index is 653. The molecule has 6 heteroatoms. The van der Waals surface area contributed by atoms with Gasteiger partial charge in [-0.15, -0.1) is 0 Å². The largest absolute Gasteiger partial charge is 0.497 e. The Morgan fingerprint density at radius 2 is 2.15 bits per heavy atom. The van der Waals surface area contributed by atoms with Crippen molar-refractivity contribution in [1.82, 2.24) is 9.78 Å². The minimum Gasteiger partial charge on any atom is -0.497 e. The van der Waals surface area contributed by atoms with Gasteiger partial charge in [0.25, 0.3) is 0 Å². The molecule has 0 aliphatic heterocycles. The van der Waals surface area contributed by atoms with E-state index in [0.717, 1.165) is 11.3 Å². The molecular weight excluding hydrogens is 256 g/mol. The maximum absolute atomic E-state index is 11.9. The van der Waals surface area contributed by atoms with Gasteiger partial charge < -0.3 is 10.1 Å². The van der Waals surface area contributed by atoms with Crippen LogP contribution in [0, 0.1) is 11.3 Å². The Morgan fingerprint density at radius 1 is 1.45 bits per heavy atom. The molecule has 1 aromatic carbocycles. The van der Waals surface area contributed by atoms with E-state index in [4.69, 9.17) is 10.00 Å². The van der Waals surface area contributed by atoms with Crippen molar-refractivity contribution in [2.45, 2.75) is 6.42 Å². The molecule has 0 spiro atoms. The fourth-order valence-electron chi connectivity index (χ4n) is 1.77. The maximum Gasteiger partial charge on any atom is 0.230 e. The number of aromatic nitrogens is 2. The molecule has 0 radical (unpaired) electrons. The van der Waals surface area contributed by atoms with Crippen LogP contribution < -0.4 is 10.1 Å². The van der Waals surface area contributed by atoms with E-state index in [0.29, 0.717) is 5.56 Å². The van der Waals surface area contributed by atoms with Gasteiger partial charge in [-0.1, -0.05) is 12.1 Å². The molecule has 20 heavy (non-hydrogen) atoms. The van der Waals surface area contributed by atoms with Crippen LogP contribution in [0.5, 0.6) is 5.75 Å². The highest BCUT2D eigenvalue weighted by Gasteiger charge is 2.11.